The summed E-state index contributed by atoms with van der Waals surface area (Å²) < 4.78 is 6.92. The number of amides is 1. The lowest BCUT2D eigenvalue weighted by atomic mass is 9.97. The lowest BCUT2D eigenvalue weighted by Gasteiger charge is -2.31. The molecule has 0 bridgehead atoms. The first-order valence-electron chi connectivity index (χ1n) is 8.67. The van der Waals surface area contributed by atoms with E-state index in [0.29, 0.717) is 25.3 Å². The summed E-state index contributed by atoms with van der Waals surface area (Å²) in [7, 11) is 0. The molecule has 132 valence electrons. The molecule has 0 aliphatic carbocycles. The van der Waals surface area contributed by atoms with E-state index in [0.717, 1.165) is 24.2 Å². The van der Waals surface area contributed by atoms with E-state index >= 15 is 0 Å². The van der Waals surface area contributed by atoms with Gasteiger partial charge in [-0.1, -0.05) is 0 Å². The summed E-state index contributed by atoms with van der Waals surface area (Å²) >= 11 is 0. The molecule has 1 aliphatic rings. The lowest BCUT2D eigenvalue weighted by molar-refractivity contribution is -0.149. The Morgan fingerprint density at radius 2 is 2.00 bits per heavy atom. The van der Waals surface area contributed by atoms with Crippen molar-refractivity contribution in [1.29, 1.82) is 0 Å². The van der Waals surface area contributed by atoms with Gasteiger partial charge in [-0.05, 0) is 57.0 Å². The van der Waals surface area contributed by atoms with Crippen LogP contribution in [0.2, 0.25) is 0 Å². The number of esters is 1. The zero-order chi connectivity index (χ0) is 17.8. The fourth-order valence-electron chi connectivity index (χ4n) is 3.18. The van der Waals surface area contributed by atoms with Crippen LogP contribution in [0.15, 0.2) is 36.5 Å². The first-order valence-corrected chi connectivity index (χ1v) is 8.67. The number of hydrogen-bond donors (Lipinski definition) is 0. The van der Waals surface area contributed by atoms with Gasteiger partial charge in [-0.2, -0.15) is 5.10 Å². The normalized spacial score (nSPS) is 17.4. The highest BCUT2D eigenvalue weighted by Crippen LogP contribution is 2.20. The second-order valence-electron chi connectivity index (χ2n) is 6.27. The number of rotatable bonds is 4. The molecular weight excluding hydrogens is 318 g/mol. The number of aromatic nitrogens is 2. The van der Waals surface area contributed by atoms with E-state index in [4.69, 9.17) is 4.74 Å². The monoisotopic (exact) mass is 341 g/mol. The Kier molecular flexibility index (Phi) is 5.16. The van der Waals surface area contributed by atoms with Crippen molar-refractivity contribution in [2.45, 2.75) is 26.7 Å². The molecule has 2 heterocycles. The van der Waals surface area contributed by atoms with Gasteiger partial charge >= 0.3 is 5.97 Å². The highest BCUT2D eigenvalue weighted by atomic mass is 16.5. The largest absolute Gasteiger partial charge is 0.466 e. The van der Waals surface area contributed by atoms with Crippen LogP contribution in [-0.2, 0) is 9.53 Å². The molecule has 1 fully saturated rings. The summed E-state index contributed by atoms with van der Waals surface area (Å²) in [5.74, 6) is -0.467. The third kappa shape index (κ3) is 3.73. The maximum Gasteiger partial charge on any atom is 0.310 e. The number of ether oxygens (including phenoxy) is 1. The molecule has 6 nitrogen and oxygen atoms in total. The van der Waals surface area contributed by atoms with Crippen LogP contribution in [-0.4, -0.2) is 46.3 Å². The molecule has 6 heteroatoms. The Labute approximate surface area is 147 Å². The average molecular weight is 341 g/mol. The van der Waals surface area contributed by atoms with Gasteiger partial charge in [-0.3, -0.25) is 9.59 Å². The third-order valence-electron chi connectivity index (χ3n) is 4.52. The van der Waals surface area contributed by atoms with E-state index in [2.05, 4.69) is 5.10 Å². The quantitative estimate of drug-likeness (QED) is 0.802. The van der Waals surface area contributed by atoms with E-state index in [1.54, 1.807) is 18.0 Å². The van der Waals surface area contributed by atoms with Gasteiger partial charge < -0.3 is 9.64 Å². The van der Waals surface area contributed by atoms with Gasteiger partial charge in [0.25, 0.3) is 5.91 Å². The molecule has 25 heavy (non-hydrogen) atoms. The first-order chi connectivity index (χ1) is 12.1. The van der Waals surface area contributed by atoms with Crippen LogP contribution >= 0.6 is 0 Å². The van der Waals surface area contributed by atoms with E-state index in [-0.39, 0.29) is 17.8 Å². The van der Waals surface area contributed by atoms with Crippen LogP contribution in [0.5, 0.6) is 0 Å². The van der Waals surface area contributed by atoms with Crippen molar-refractivity contribution in [2.75, 3.05) is 19.7 Å². The molecule has 2 aromatic rings. The molecule has 0 spiro atoms. The van der Waals surface area contributed by atoms with Crippen LogP contribution in [0.25, 0.3) is 5.69 Å². The fraction of sp³-hybridized carbons (Fsp3) is 0.421. The van der Waals surface area contributed by atoms with Gasteiger partial charge in [0.05, 0.1) is 18.2 Å². The summed E-state index contributed by atoms with van der Waals surface area (Å²) in [4.78, 5) is 26.4. The van der Waals surface area contributed by atoms with Crippen molar-refractivity contribution < 1.29 is 14.3 Å². The van der Waals surface area contributed by atoms with Gasteiger partial charge in [0.2, 0.25) is 0 Å². The second kappa shape index (κ2) is 7.51. The van der Waals surface area contributed by atoms with Gasteiger partial charge in [-0.25, -0.2) is 4.68 Å². The number of aryl methyl sites for hydroxylation is 1. The second-order valence-corrected chi connectivity index (χ2v) is 6.27. The van der Waals surface area contributed by atoms with Crippen molar-refractivity contribution in [1.82, 2.24) is 14.7 Å². The van der Waals surface area contributed by atoms with Gasteiger partial charge in [0.15, 0.2) is 0 Å². The van der Waals surface area contributed by atoms with Gasteiger partial charge in [-0.15, -0.1) is 0 Å². The molecular formula is C19H23N3O3. The van der Waals surface area contributed by atoms with Crippen LogP contribution in [0.1, 0.15) is 35.8 Å². The van der Waals surface area contributed by atoms with Crippen LogP contribution < -0.4 is 0 Å². The number of nitrogens with zero attached hydrogens (tertiary/aromatic N) is 3. The Bertz CT molecular complexity index is 752. The van der Waals surface area contributed by atoms with E-state index in [9.17, 15) is 9.59 Å². The summed E-state index contributed by atoms with van der Waals surface area (Å²) in [6.07, 6.45) is 3.34. The number of benzene rings is 1. The fourth-order valence-corrected chi connectivity index (χ4v) is 3.18. The maximum absolute atomic E-state index is 12.7. The molecule has 3 rings (SSSR count). The Morgan fingerprint density at radius 3 is 2.64 bits per heavy atom. The Morgan fingerprint density at radius 1 is 1.24 bits per heavy atom. The summed E-state index contributed by atoms with van der Waals surface area (Å²) in [6, 6.07) is 9.34. The van der Waals surface area contributed by atoms with Crippen molar-refractivity contribution in [2.24, 2.45) is 5.92 Å². The van der Waals surface area contributed by atoms with Crippen molar-refractivity contribution >= 4 is 11.9 Å². The predicted molar refractivity (Wildman–Crippen MR) is 93.6 cm³/mol. The summed E-state index contributed by atoms with van der Waals surface area (Å²) in [6.45, 7) is 5.26. The topological polar surface area (TPSA) is 64.4 Å². The summed E-state index contributed by atoms with van der Waals surface area (Å²) in [5.41, 5.74) is 2.58. The van der Waals surface area contributed by atoms with Crippen molar-refractivity contribution in [3.05, 3.63) is 47.8 Å². The predicted octanol–water partition coefficient (Wildman–Crippen LogP) is 2.60. The highest BCUT2D eigenvalue weighted by molar-refractivity contribution is 5.94. The van der Waals surface area contributed by atoms with E-state index in [1.165, 1.54) is 0 Å². The molecule has 1 saturated heterocycles. The minimum atomic E-state index is -0.219. The molecule has 1 aliphatic heterocycles. The minimum Gasteiger partial charge on any atom is -0.466 e. The Hall–Kier alpha value is -2.63. The van der Waals surface area contributed by atoms with E-state index in [1.807, 2.05) is 41.9 Å². The van der Waals surface area contributed by atoms with E-state index < -0.39 is 0 Å². The van der Waals surface area contributed by atoms with Crippen LogP contribution in [0.4, 0.5) is 0 Å². The van der Waals surface area contributed by atoms with Gasteiger partial charge in [0, 0.05) is 30.5 Å². The molecule has 1 aromatic heterocycles. The number of carbonyl (C=O) groups excluding carboxylic acids is 2. The zero-order valence-electron chi connectivity index (χ0n) is 14.6. The first kappa shape index (κ1) is 17.2. The SMILES string of the molecule is CCOC(=O)[C@@H]1CCCN(C(=O)c2ccc(-n3nccc3C)cc2)C1. The molecule has 0 radical (unpaired) electrons. The standard InChI is InChI=1S/C19H23N3O3/c1-3-25-19(24)16-5-4-12-21(13-16)18(23)15-6-8-17(9-7-15)22-14(2)10-11-20-22/h6-11,16H,3-5,12-13H2,1-2H3/t16-/m1/s1. The third-order valence-corrected chi connectivity index (χ3v) is 4.52. The highest BCUT2D eigenvalue weighted by Gasteiger charge is 2.29. The average Bonchev–Trinajstić information content (AvgIpc) is 3.07. The Balaban J connectivity index is 1.70. The molecule has 1 amide bonds. The number of piperidine rings is 1. The molecule has 0 unspecified atom stereocenters. The smallest absolute Gasteiger partial charge is 0.310 e. The van der Waals surface area contributed by atoms with Crippen LogP contribution in [0, 0.1) is 12.8 Å². The lowest BCUT2D eigenvalue weighted by Crippen LogP contribution is -2.42. The minimum absolute atomic E-state index is 0.0438. The van der Waals surface area contributed by atoms with Crippen molar-refractivity contribution in [3.8, 4) is 5.69 Å². The number of hydrogen-bond acceptors (Lipinski definition) is 4. The number of likely N-dealkylation sites (tertiary alicyclic amines) is 1. The van der Waals surface area contributed by atoms with Crippen LogP contribution in [0.3, 0.4) is 0 Å². The molecule has 0 saturated carbocycles. The maximum atomic E-state index is 12.7. The van der Waals surface area contributed by atoms with Gasteiger partial charge in [0.1, 0.15) is 0 Å². The molecule has 1 aromatic carbocycles. The van der Waals surface area contributed by atoms with Crippen molar-refractivity contribution in [3.63, 3.8) is 0 Å². The summed E-state index contributed by atoms with van der Waals surface area (Å²) in [5, 5.41) is 4.27. The molecule has 1 atom stereocenters. The number of carbonyl (C=O) groups is 2. The zero-order valence-corrected chi connectivity index (χ0v) is 14.6. The molecule has 0 N–H and O–H groups in total.